The Hall–Kier alpha value is -1.08. The molecule has 0 aliphatic rings. The summed E-state index contributed by atoms with van der Waals surface area (Å²) in [6.45, 7) is 1.54. The molecule has 0 aromatic carbocycles. The van der Waals surface area contributed by atoms with Crippen LogP contribution in [0.15, 0.2) is 11.5 Å². The maximum atomic E-state index is 10.7. The summed E-state index contributed by atoms with van der Waals surface area (Å²) < 4.78 is 0. The first-order valence-corrected chi connectivity index (χ1v) is 6.01. The van der Waals surface area contributed by atoms with Crippen molar-refractivity contribution in [2.45, 2.75) is 36.9 Å². The van der Waals surface area contributed by atoms with E-state index < -0.39 is 11.5 Å². The highest BCUT2D eigenvalue weighted by atomic mass is 32.2. The SMILES string of the molecule is CC(N)(CCCCSc1ncn[nH]1)C(=O)O. The van der Waals surface area contributed by atoms with Crippen molar-refractivity contribution in [3.63, 3.8) is 0 Å². The molecule has 0 radical (unpaired) electrons. The summed E-state index contributed by atoms with van der Waals surface area (Å²) in [5.74, 6) is -0.0689. The second-order valence-corrected chi connectivity index (χ2v) is 4.90. The van der Waals surface area contributed by atoms with Crippen LogP contribution in [0.4, 0.5) is 0 Å². The van der Waals surface area contributed by atoms with Gasteiger partial charge in [0.15, 0.2) is 5.16 Å². The number of carbonyl (C=O) groups is 1. The fraction of sp³-hybridized carbons (Fsp3) is 0.667. The van der Waals surface area contributed by atoms with Gasteiger partial charge in [0.2, 0.25) is 0 Å². The Balaban J connectivity index is 2.10. The van der Waals surface area contributed by atoms with Crippen molar-refractivity contribution in [3.05, 3.63) is 6.33 Å². The van der Waals surface area contributed by atoms with E-state index in [4.69, 9.17) is 10.8 Å². The van der Waals surface area contributed by atoms with E-state index in [9.17, 15) is 4.79 Å². The van der Waals surface area contributed by atoms with Gasteiger partial charge in [-0.25, -0.2) is 4.98 Å². The third-order valence-electron chi connectivity index (χ3n) is 2.21. The standard InChI is InChI=1S/C9H16N4O2S/c1-9(10,7(14)15)4-2-3-5-16-8-11-6-12-13-8/h6H,2-5,10H2,1H3,(H,14,15)(H,11,12,13). The Morgan fingerprint density at radius 3 is 3.00 bits per heavy atom. The number of carboxylic acids is 1. The maximum Gasteiger partial charge on any atom is 0.323 e. The molecule has 1 atom stereocenters. The molecule has 0 fully saturated rings. The molecule has 90 valence electrons. The van der Waals surface area contributed by atoms with Crippen LogP contribution in [0.3, 0.4) is 0 Å². The number of aromatic nitrogens is 3. The predicted molar refractivity (Wildman–Crippen MR) is 61.2 cm³/mol. The van der Waals surface area contributed by atoms with Crippen LogP contribution in [0.5, 0.6) is 0 Å². The molecule has 0 aliphatic carbocycles. The van der Waals surface area contributed by atoms with Crippen molar-refractivity contribution in [1.82, 2.24) is 15.2 Å². The summed E-state index contributed by atoms with van der Waals surface area (Å²) in [4.78, 5) is 14.7. The normalized spacial score (nSPS) is 14.6. The van der Waals surface area contributed by atoms with Crippen LogP contribution in [0.1, 0.15) is 26.2 Å². The van der Waals surface area contributed by atoms with E-state index in [-0.39, 0.29) is 0 Å². The highest BCUT2D eigenvalue weighted by molar-refractivity contribution is 7.99. The molecule has 4 N–H and O–H groups in total. The second kappa shape index (κ2) is 5.86. The van der Waals surface area contributed by atoms with Crippen molar-refractivity contribution < 1.29 is 9.90 Å². The third kappa shape index (κ3) is 4.19. The Kier molecular flexibility index (Phi) is 4.75. The lowest BCUT2D eigenvalue weighted by Gasteiger charge is -2.18. The lowest BCUT2D eigenvalue weighted by molar-refractivity contribution is -0.142. The molecule has 1 aromatic rings. The van der Waals surface area contributed by atoms with Crippen LogP contribution >= 0.6 is 11.8 Å². The van der Waals surface area contributed by atoms with E-state index >= 15 is 0 Å². The van der Waals surface area contributed by atoms with Crippen LogP contribution in [-0.2, 0) is 4.79 Å². The van der Waals surface area contributed by atoms with Gasteiger partial charge in [0.05, 0.1) is 0 Å². The summed E-state index contributed by atoms with van der Waals surface area (Å²) in [7, 11) is 0. The van der Waals surface area contributed by atoms with Crippen molar-refractivity contribution >= 4 is 17.7 Å². The summed E-state index contributed by atoms with van der Waals surface area (Å²) in [6.07, 6.45) is 3.65. The van der Waals surface area contributed by atoms with Crippen LogP contribution in [0, 0.1) is 0 Å². The zero-order valence-corrected chi connectivity index (χ0v) is 9.96. The second-order valence-electron chi connectivity index (χ2n) is 3.82. The molecule has 1 rings (SSSR count). The van der Waals surface area contributed by atoms with Crippen LogP contribution in [0.25, 0.3) is 0 Å². The highest BCUT2D eigenvalue weighted by Gasteiger charge is 2.26. The van der Waals surface area contributed by atoms with Crippen LogP contribution < -0.4 is 5.73 Å². The quantitative estimate of drug-likeness (QED) is 0.485. The van der Waals surface area contributed by atoms with E-state index in [2.05, 4.69) is 15.2 Å². The highest BCUT2D eigenvalue weighted by Crippen LogP contribution is 2.16. The van der Waals surface area contributed by atoms with Gasteiger partial charge in [-0.3, -0.25) is 9.89 Å². The summed E-state index contributed by atoms with van der Waals surface area (Å²) in [5, 5.41) is 16.1. The molecule has 0 aliphatic heterocycles. The molecular formula is C9H16N4O2S. The van der Waals surface area contributed by atoms with E-state index in [0.29, 0.717) is 6.42 Å². The van der Waals surface area contributed by atoms with Gasteiger partial charge >= 0.3 is 5.97 Å². The van der Waals surface area contributed by atoms with Gasteiger partial charge in [0, 0.05) is 5.75 Å². The Bertz CT molecular complexity index is 326. The number of aromatic amines is 1. The zero-order chi connectivity index (χ0) is 12.0. The number of thioether (sulfide) groups is 1. The zero-order valence-electron chi connectivity index (χ0n) is 9.14. The predicted octanol–water partition coefficient (Wildman–Crippen LogP) is 0.869. The summed E-state index contributed by atoms with van der Waals surface area (Å²) >= 11 is 1.57. The molecule has 0 saturated heterocycles. The third-order valence-corrected chi connectivity index (χ3v) is 3.17. The molecule has 16 heavy (non-hydrogen) atoms. The minimum atomic E-state index is -1.11. The monoisotopic (exact) mass is 244 g/mol. The van der Waals surface area contributed by atoms with E-state index in [1.807, 2.05) is 0 Å². The minimum Gasteiger partial charge on any atom is -0.480 e. The number of rotatable bonds is 7. The number of aliphatic carboxylic acids is 1. The Morgan fingerprint density at radius 1 is 1.69 bits per heavy atom. The number of hydrogen-bond acceptors (Lipinski definition) is 5. The van der Waals surface area contributed by atoms with E-state index in [1.165, 1.54) is 6.33 Å². The molecule has 0 spiro atoms. The topological polar surface area (TPSA) is 105 Å². The number of unbranched alkanes of at least 4 members (excludes halogenated alkanes) is 1. The Labute approximate surface area is 98.0 Å². The first-order chi connectivity index (χ1) is 7.52. The fourth-order valence-corrected chi connectivity index (χ4v) is 1.91. The summed E-state index contributed by atoms with van der Waals surface area (Å²) in [6, 6.07) is 0. The van der Waals surface area contributed by atoms with E-state index in [0.717, 1.165) is 23.8 Å². The molecule has 6 nitrogen and oxygen atoms in total. The molecular weight excluding hydrogens is 228 g/mol. The molecule has 7 heteroatoms. The van der Waals surface area contributed by atoms with Gasteiger partial charge in [-0.15, -0.1) is 0 Å². The smallest absolute Gasteiger partial charge is 0.323 e. The number of nitrogens with zero attached hydrogens (tertiary/aromatic N) is 2. The van der Waals surface area contributed by atoms with Gasteiger partial charge in [-0.2, -0.15) is 5.10 Å². The number of nitrogens with two attached hydrogens (primary N) is 1. The largest absolute Gasteiger partial charge is 0.480 e. The van der Waals surface area contributed by atoms with Gasteiger partial charge in [0.25, 0.3) is 0 Å². The van der Waals surface area contributed by atoms with Gasteiger partial charge in [-0.05, 0) is 19.8 Å². The summed E-state index contributed by atoms with van der Waals surface area (Å²) in [5.41, 5.74) is 4.49. The van der Waals surface area contributed by atoms with Crippen molar-refractivity contribution in [2.24, 2.45) is 5.73 Å². The lowest BCUT2D eigenvalue weighted by Crippen LogP contribution is -2.44. The van der Waals surface area contributed by atoms with E-state index in [1.54, 1.807) is 18.7 Å². The maximum absolute atomic E-state index is 10.7. The van der Waals surface area contributed by atoms with Gasteiger partial charge in [0.1, 0.15) is 11.9 Å². The number of carboxylic acid groups (broad SMARTS) is 1. The lowest BCUT2D eigenvalue weighted by atomic mass is 9.97. The van der Waals surface area contributed by atoms with Gasteiger partial charge < -0.3 is 10.8 Å². The fourth-order valence-electron chi connectivity index (χ4n) is 1.13. The van der Waals surface area contributed by atoms with Gasteiger partial charge in [-0.1, -0.05) is 18.2 Å². The molecule has 0 bridgehead atoms. The van der Waals surface area contributed by atoms with Crippen LogP contribution in [0.2, 0.25) is 0 Å². The molecule has 1 aromatic heterocycles. The van der Waals surface area contributed by atoms with Crippen LogP contribution in [-0.4, -0.2) is 37.5 Å². The number of nitrogens with one attached hydrogen (secondary N) is 1. The molecule has 1 heterocycles. The first-order valence-electron chi connectivity index (χ1n) is 5.03. The average molecular weight is 244 g/mol. The minimum absolute atomic E-state index is 0.485. The molecule has 1 unspecified atom stereocenters. The molecule has 0 saturated carbocycles. The molecule has 0 amide bonds. The first kappa shape index (κ1) is 13.0. The number of H-pyrrole nitrogens is 1. The number of hydrogen-bond donors (Lipinski definition) is 3. The van der Waals surface area contributed by atoms with Crippen molar-refractivity contribution in [2.75, 3.05) is 5.75 Å². The van der Waals surface area contributed by atoms with Crippen molar-refractivity contribution in [3.8, 4) is 0 Å². The van der Waals surface area contributed by atoms with Crippen molar-refractivity contribution in [1.29, 1.82) is 0 Å². The average Bonchev–Trinajstić information content (AvgIpc) is 2.69. The Morgan fingerprint density at radius 2 is 2.44 bits per heavy atom.